The van der Waals surface area contributed by atoms with Crippen LogP contribution in [-0.4, -0.2) is 11.0 Å². The van der Waals surface area contributed by atoms with Crippen molar-refractivity contribution in [3.05, 3.63) is 0 Å². The maximum Gasteiger partial charge on any atom is 1.00 e. The molecule has 0 spiro atoms. The third-order valence-corrected chi connectivity index (χ3v) is 0. The largest absolute Gasteiger partial charge is 1.00 e. The molecular weight excluding hydrogens is 182 g/mol. The minimum atomic E-state index is 0. The van der Waals surface area contributed by atoms with Crippen molar-refractivity contribution < 1.29 is 64.5 Å². The van der Waals surface area contributed by atoms with Crippen molar-refractivity contribution in [3.8, 4) is 0 Å². The van der Waals surface area contributed by atoms with Gasteiger partial charge in [-0.25, -0.2) is 0 Å². The first-order chi connectivity index (χ1) is 0. The Labute approximate surface area is 63.9 Å². The second-order valence-electron chi connectivity index (χ2n) is 0. The second-order valence-corrected chi connectivity index (χ2v) is 0. The Kier molecular flexibility index (Phi) is 255. The molecule has 2 N–H and O–H groups in total. The summed E-state index contributed by atoms with van der Waals surface area (Å²) in [7, 11) is 0. The van der Waals surface area contributed by atoms with Gasteiger partial charge >= 0.3 is 53.5 Å². The van der Waals surface area contributed by atoms with Gasteiger partial charge in [-0.05, 0) is 0 Å². The van der Waals surface area contributed by atoms with Gasteiger partial charge in [0.2, 0.25) is 0 Å². The van der Waals surface area contributed by atoms with Gasteiger partial charge in [0.15, 0.2) is 0 Å². The molecule has 0 bridgehead atoms. The molecule has 4 heavy (non-hydrogen) atoms. The zero-order valence-electron chi connectivity index (χ0n) is 2.27. The van der Waals surface area contributed by atoms with E-state index in [0.29, 0.717) is 0 Å². The van der Waals surface area contributed by atoms with Gasteiger partial charge in [-0.3, -0.25) is 0 Å². The molecule has 0 unspecified atom stereocenters. The zero-order valence-corrected chi connectivity index (χ0v) is 6.43. The summed E-state index contributed by atoms with van der Waals surface area (Å²) in [4.78, 5) is 0. The van der Waals surface area contributed by atoms with Gasteiger partial charge in [0.1, 0.15) is 0 Å². The van der Waals surface area contributed by atoms with E-state index in [0.717, 1.165) is 0 Å². The minimum absolute atomic E-state index is 0. The first-order valence-corrected chi connectivity index (χ1v) is 0. The predicted octanol–water partition coefficient (Wildman–Crippen LogP) is -6.35. The summed E-state index contributed by atoms with van der Waals surface area (Å²) >= 11 is 0. The van der Waals surface area contributed by atoms with Crippen LogP contribution in [0, 0.1) is 0 Å². The summed E-state index contributed by atoms with van der Waals surface area (Å²) < 4.78 is 0. The molecule has 2 nitrogen and oxygen atoms in total. The summed E-state index contributed by atoms with van der Waals surface area (Å²) in [6, 6.07) is 0. The zero-order chi connectivity index (χ0) is 0. The molecule has 0 amide bonds. The molecule has 0 aliphatic carbocycles. The maximum absolute atomic E-state index is 0. The molecule has 4 heteroatoms. The van der Waals surface area contributed by atoms with Crippen LogP contribution in [0.4, 0.5) is 0 Å². The molecule has 0 aromatic rings. The number of hydrogen-bond donors (Lipinski definition) is 0. The van der Waals surface area contributed by atoms with Crippen LogP contribution < -0.4 is 53.5 Å². The average Bonchev–Trinajstić information content (AvgIpc) is 0. The Morgan fingerprint density at radius 1 is 0.750 bits per heavy atom. The third-order valence-electron chi connectivity index (χ3n) is 0. The fourth-order valence-electron chi connectivity index (χ4n) is 0. The first kappa shape index (κ1) is 44.9. The fraction of sp³-hybridized carbons (Fsp3) is 0. The van der Waals surface area contributed by atoms with E-state index in [1.165, 1.54) is 0 Å². The van der Waals surface area contributed by atoms with Crippen molar-refractivity contribution in [3.63, 3.8) is 0 Å². The molecule has 0 aromatic heterocycles. The van der Waals surface area contributed by atoms with Crippen molar-refractivity contribution >= 4 is 0 Å². The van der Waals surface area contributed by atoms with E-state index in [2.05, 4.69) is 0 Å². The standard InChI is InChI=1S/I.Na.2H2O/h;;2*1H2/q2*+1;;/p-2. The maximum atomic E-state index is 0. The molecule has 2 radical (unpaired) electrons. The smallest absolute Gasteiger partial charge is 0.870 e. The monoisotopic (exact) mass is 184 g/mol. The number of rotatable bonds is 0. The van der Waals surface area contributed by atoms with E-state index < -0.39 is 0 Å². The van der Waals surface area contributed by atoms with Crippen LogP contribution in [-0.2, 0) is 0 Å². The van der Waals surface area contributed by atoms with Crippen molar-refractivity contribution in [2.45, 2.75) is 0 Å². The Morgan fingerprint density at radius 3 is 0.750 bits per heavy atom. The Bertz CT molecular complexity index is 6.00. The van der Waals surface area contributed by atoms with Gasteiger partial charge in [0, 0.05) is 0 Å². The summed E-state index contributed by atoms with van der Waals surface area (Å²) in [5.74, 6) is 0. The molecule has 0 saturated carbocycles. The molecule has 22 valence electrons. The van der Waals surface area contributed by atoms with Gasteiger partial charge < -0.3 is 11.0 Å². The van der Waals surface area contributed by atoms with Crippen LogP contribution in [0.5, 0.6) is 0 Å². The topological polar surface area (TPSA) is 60.0 Å². The number of halogens is 1. The number of hydrogen-bond acceptors (Lipinski definition) is 2. The van der Waals surface area contributed by atoms with Gasteiger partial charge in [-0.15, -0.1) is 0 Å². The summed E-state index contributed by atoms with van der Waals surface area (Å²) in [5, 5.41) is 0. The molecule has 0 heterocycles. The molecular formula is H2INaO2. The van der Waals surface area contributed by atoms with E-state index >= 15 is 0 Å². The summed E-state index contributed by atoms with van der Waals surface area (Å²) in [6.07, 6.45) is 0. The SMILES string of the molecule is [I+].[Na+].[OH-].[OH-]. The second kappa shape index (κ2) is 22.8. The van der Waals surface area contributed by atoms with E-state index in [4.69, 9.17) is 0 Å². The Hall–Kier alpha value is 1.65. The summed E-state index contributed by atoms with van der Waals surface area (Å²) in [6.45, 7) is 0. The van der Waals surface area contributed by atoms with Crippen molar-refractivity contribution in [2.75, 3.05) is 0 Å². The van der Waals surface area contributed by atoms with Gasteiger partial charge in [0.25, 0.3) is 0 Å². The molecule has 0 fully saturated rings. The van der Waals surface area contributed by atoms with Crippen LogP contribution in [0.1, 0.15) is 0 Å². The molecule has 0 aromatic carbocycles. The van der Waals surface area contributed by atoms with Crippen LogP contribution in [0.3, 0.4) is 0 Å². The molecule has 0 atom stereocenters. The van der Waals surface area contributed by atoms with Crippen molar-refractivity contribution in [1.82, 2.24) is 0 Å². The average molecular weight is 184 g/mol. The quantitative estimate of drug-likeness (QED) is 0.277. The molecule has 0 aliphatic rings. The molecule has 0 aliphatic heterocycles. The van der Waals surface area contributed by atoms with Crippen LogP contribution in [0.2, 0.25) is 0 Å². The van der Waals surface area contributed by atoms with Gasteiger partial charge in [0.05, 0.1) is 0 Å². The Balaban J connectivity index is 0. The van der Waals surface area contributed by atoms with E-state index in [1.54, 1.807) is 0 Å². The predicted molar refractivity (Wildman–Crippen MR) is 3.87 cm³/mol. The van der Waals surface area contributed by atoms with E-state index in [-0.39, 0.29) is 64.5 Å². The first-order valence-electron chi connectivity index (χ1n) is 0. The fourth-order valence-corrected chi connectivity index (χ4v) is 0. The van der Waals surface area contributed by atoms with Crippen molar-refractivity contribution in [1.29, 1.82) is 0 Å². The van der Waals surface area contributed by atoms with Crippen molar-refractivity contribution in [2.24, 2.45) is 0 Å². The van der Waals surface area contributed by atoms with Gasteiger partial charge in [-0.2, -0.15) is 0 Å². The Morgan fingerprint density at radius 2 is 0.750 bits per heavy atom. The van der Waals surface area contributed by atoms with Gasteiger partial charge in [-0.1, -0.05) is 0 Å². The third kappa shape index (κ3) is 9.41. The van der Waals surface area contributed by atoms with E-state index in [1.807, 2.05) is 0 Å². The van der Waals surface area contributed by atoms with Crippen LogP contribution >= 0.6 is 0 Å². The molecule has 0 saturated heterocycles. The van der Waals surface area contributed by atoms with E-state index in [9.17, 15) is 0 Å². The molecule has 0 rings (SSSR count). The van der Waals surface area contributed by atoms with Crippen LogP contribution in [0.15, 0.2) is 0 Å². The minimum Gasteiger partial charge on any atom is -0.870 e. The van der Waals surface area contributed by atoms with Crippen LogP contribution in [0.25, 0.3) is 0 Å². The summed E-state index contributed by atoms with van der Waals surface area (Å²) in [5.41, 5.74) is 0. The normalized spacial score (nSPS) is 0.